The Morgan fingerprint density at radius 3 is 2.55 bits per heavy atom. The van der Waals surface area contributed by atoms with Crippen LogP contribution in [0, 0.1) is 0 Å². The van der Waals surface area contributed by atoms with Gasteiger partial charge < -0.3 is 5.32 Å². The van der Waals surface area contributed by atoms with Crippen molar-refractivity contribution in [3.05, 3.63) is 60.8 Å². The van der Waals surface area contributed by atoms with E-state index in [1.807, 2.05) is 54.7 Å². The van der Waals surface area contributed by atoms with E-state index >= 15 is 0 Å². The topological polar surface area (TPSA) is 53.6 Å². The summed E-state index contributed by atoms with van der Waals surface area (Å²) in [5.74, 6) is 0.770. The van der Waals surface area contributed by atoms with Crippen LogP contribution in [0.1, 0.15) is 0 Å². The Balaban J connectivity index is 1.95. The Morgan fingerprint density at radius 2 is 1.65 bits per heavy atom. The summed E-state index contributed by atoms with van der Waals surface area (Å²) in [7, 11) is 0. The molecule has 2 heterocycles. The SMILES string of the molecule is c1ccc(Nc2nc3ccccc3c3c[nH]nc23)cc1. The maximum absolute atomic E-state index is 4.68. The Morgan fingerprint density at radius 1 is 0.850 bits per heavy atom. The lowest BCUT2D eigenvalue weighted by atomic mass is 10.1. The van der Waals surface area contributed by atoms with Gasteiger partial charge in [-0.2, -0.15) is 5.10 Å². The molecule has 0 amide bonds. The van der Waals surface area contributed by atoms with Crippen molar-refractivity contribution < 1.29 is 0 Å². The van der Waals surface area contributed by atoms with Crippen LogP contribution in [-0.2, 0) is 0 Å². The van der Waals surface area contributed by atoms with Crippen LogP contribution < -0.4 is 5.32 Å². The van der Waals surface area contributed by atoms with Gasteiger partial charge in [0.15, 0.2) is 5.82 Å². The molecule has 0 bridgehead atoms. The molecular formula is C16H12N4. The molecule has 4 aromatic rings. The first-order valence-corrected chi connectivity index (χ1v) is 6.46. The molecule has 0 radical (unpaired) electrons. The van der Waals surface area contributed by atoms with Crippen LogP contribution in [0.2, 0.25) is 0 Å². The third-order valence-electron chi connectivity index (χ3n) is 3.33. The van der Waals surface area contributed by atoms with E-state index in [0.717, 1.165) is 33.3 Å². The Hall–Kier alpha value is -2.88. The number of fused-ring (bicyclic) bond motifs is 3. The average molecular weight is 260 g/mol. The van der Waals surface area contributed by atoms with Crippen LogP contribution in [-0.4, -0.2) is 15.2 Å². The van der Waals surface area contributed by atoms with Gasteiger partial charge in [0.25, 0.3) is 0 Å². The molecule has 0 unspecified atom stereocenters. The number of nitrogens with zero attached hydrogens (tertiary/aromatic N) is 2. The summed E-state index contributed by atoms with van der Waals surface area (Å²) in [6.07, 6.45) is 1.91. The molecule has 2 N–H and O–H groups in total. The summed E-state index contributed by atoms with van der Waals surface area (Å²) in [6, 6.07) is 18.1. The standard InChI is InChI=1S/C16H12N4/c1-2-6-11(7-3-1)18-16-15-13(10-17-20-15)12-8-4-5-9-14(12)19-16/h1-10H,(H,17,20)(H,18,19). The quantitative estimate of drug-likeness (QED) is 0.575. The number of nitrogens with one attached hydrogen (secondary N) is 2. The molecule has 4 rings (SSSR count). The minimum absolute atomic E-state index is 0.770. The molecule has 2 aromatic carbocycles. The third kappa shape index (κ3) is 1.70. The van der Waals surface area contributed by atoms with E-state index in [1.54, 1.807) is 0 Å². The van der Waals surface area contributed by atoms with Gasteiger partial charge in [-0.15, -0.1) is 0 Å². The van der Waals surface area contributed by atoms with Gasteiger partial charge in [0.1, 0.15) is 5.52 Å². The van der Waals surface area contributed by atoms with Gasteiger partial charge in [-0.05, 0) is 18.2 Å². The Kier molecular flexibility index (Phi) is 2.39. The lowest BCUT2D eigenvalue weighted by Gasteiger charge is -2.08. The van der Waals surface area contributed by atoms with Crippen molar-refractivity contribution in [3.63, 3.8) is 0 Å². The number of anilines is 2. The highest BCUT2D eigenvalue weighted by Crippen LogP contribution is 2.29. The number of para-hydroxylation sites is 2. The predicted octanol–water partition coefficient (Wildman–Crippen LogP) is 3.85. The van der Waals surface area contributed by atoms with Crippen LogP contribution in [0.25, 0.3) is 21.8 Å². The number of hydrogen-bond acceptors (Lipinski definition) is 3. The molecule has 0 aliphatic carbocycles. The first-order chi connectivity index (χ1) is 9.92. The molecule has 20 heavy (non-hydrogen) atoms. The number of hydrogen-bond donors (Lipinski definition) is 2. The highest BCUT2D eigenvalue weighted by molar-refractivity contribution is 6.08. The lowest BCUT2D eigenvalue weighted by molar-refractivity contribution is 1.12. The minimum Gasteiger partial charge on any atom is -0.338 e. The van der Waals surface area contributed by atoms with Gasteiger partial charge in [-0.1, -0.05) is 36.4 Å². The van der Waals surface area contributed by atoms with Crippen molar-refractivity contribution >= 4 is 33.3 Å². The molecule has 0 saturated carbocycles. The Labute approximate surface area is 115 Å². The molecule has 2 aromatic heterocycles. The van der Waals surface area contributed by atoms with E-state index in [0.29, 0.717) is 0 Å². The Bertz CT molecular complexity index is 881. The molecule has 4 nitrogen and oxygen atoms in total. The number of aromatic nitrogens is 3. The highest BCUT2D eigenvalue weighted by Gasteiger charge is 2.10. The van der Waals surface area contributed by atoms with Crippen LogP contribution in [0.15, 0.2) is 60.8 Å². The zero-order chi connectivity index (χ0) is 13.4. The summed E-state index contributed by atoms with van der Waals surface area (Å²) in [5, 5.41) is 12.8. The molecule has 0 aliphatic heterocycles. The fraction of sp³-hybridized carbons (Fsp3) is 0. The molecule has 0 saturated heterocycles. The summed E-state index contributed by atoms with van der Waals surface area (Å²) in [6.45, 7) is 0. The minimum atomic E-state index is 0.770. The summed E-state index contributed by atoms with van der Waals surface area (Å²) in [4.78, 5) is 4.68. The normalized spacial score (nSPS) is 11.0. The van der Waals surface area contributed by atoms with E-state index in [1.165, 1.54) is 0 Å². The molecule has 0 aliphatic rings. The monoisotopic (exact) mass is 260 g/mol. The first kappa shape index (κ1) is 11.0. The maximum Gasteiger partial charge on any atom is 0.159 e. The number of H-pyrrole nitrogens is 1. The third-order valence-corrected chi connectivity index (χ3v) is 3.33. The van der Waals surface area contributed by atoms with Crippen molar-refractivity contribution in [1.29, 1.82) is 0 Å². The van der Waals surface area contributed by atoms with Crippen molar-refractivity contribution in [2.24, 2.45) is 0 Å². The van der Waals surface area contributed by atoms with Gasteiger partial charge >= 0.3 is 0 Å². The van der Waals surface area contributed by atoms with E-state index in [9.17, 15) is 0 Å². The van der Waals surface area contributed by atoms with Crippen molar-refractivity contribution in [3.8, 4) is 0 Å². The summed E-state index contributed by atoms with van der Waals surface area (Å²) in [5.41, 5.74) is 2.81. The van der Waals surface area contributed by atoms with Crippen molar-refractivity contribution in [1.82, 2.24) is 15.2 Å². The first-order valence-electron chi connectivity index (χ1n) is 6.46. The fourth-order valence-corrected chi connectivity index (χ4v) is 2.39. The van der Waals surface area contributed by atoms with E-state index in [4.69, 9.17) is 0 Å². The highest BCUT2D eigenvalue weighted by atomic mass is 15.1. The van der Waals surface area contributed by atoms with Crippen LogP contribution in [0.4, 0.5) is 11.5 Å². The molecule has 0 fully saturated rings. The van der Waals surface area contributed by atoms with Gasteiger partial charge in [-0.25, -0.2) is 4.98 Å². The van der Waals surface area contributed by atoms with Crippen molar-refractivity contribution in [2.45, 2.75) is 0 Å². The molecule has 0 spiro atoms. The van der Waals surface area contributed by atoms with Gasteiger partial charge in [0, 0.05) is 22.7 Å². The molecule has 4 heteroatoms. The number of pyridine rings is 1. The maximum atomic E-state index is 4.68. The number of benzene rings is 2. The van der Waals surface area contributed by atoms with E-state index in [-0.39, 0.29) is 0 Å². The van der Waals surface area contributed by atoms with E-state index < -0.39 is 0 Å². The molecular weight excluding hydrogens is 248 g/mol. The van der Waals surface area contributed by atoms with Gasteiger partial charge in [0.2, 0.25) is 0 Å². The van der Waals surface area contributed by atoms with E-state index in [2.05, 4.69) is 26.6 Å². The second-order valence-electron chi connectivity index (χ2n) is 4.62. The molecule has 96 valence electrons. The fourth-order valence-electron chi connectivity index (χ4n) is 2.39. The second-order valence-corrected chi connectivity index (χ2v) is 4.62. The number of rotatable bonds is 2. The lowest BCUT2D eigenvalue weighted by Crippen LogP contribution is -1.95. The second kappa shape index (κ2) is 4.35. The predicted molar refractivity (Wildman–Crippen MR) is 81.1 cm³/mol. The van der Waals surface area contributed by atoms with Gasteiger partial charge in [0.05, 0.1) is 5.52 Å². The largest absolute Gasteiger partial charge is 0.338 e. The summed E-state index contributed by atoms with van der Waals surface area (Å²) < 4.78 is 0. The average Bonchev–Trinajstić information content (AvgIpc) is 2.98. The van der Waals surface area contributed by atoms with Crippen molar-refractivity contribution in [2.75, 3.05) is 5.32 Å². The van der Waals surface area contributed by atoms with Crippen LogP contribution in [0.3, 0.4) is 0 Å². The van der Waals surface area contributed by atoms with Crippen LogP contribution >= 0.6 is 0 Å². The summed E-state index contributed by atoms with van der Waals surface area (Å²) >= 11 is 0. The molecule has 0 atom stereocenters. The smallest absolute Gasteiger partial charge is 0.159 e. The zero-order valence-corrected chi connectivity index (χ0v) is 10.7. The van der Waals surface area contributed by atoms with Gasteiger partial charge in [-0.3, -0.25) is 5.10 Å². The zero-order valence-electron chi connectivity index (χ0n) is 10.7. The van der Waals surface area contributed by atoms with Crippen LogP contribution in [0.5, 0.6) is 0 Å². The number of aromatic amines is 1.